The number of ether oxygens (including phenoxy) is 2. The second kappa shape index (κ2) is 7.93. The van der Waals surface area contributed by atoms with Gasteiger partial charge in [-0.05, 0) is 44.9 Å². The number of carbonyl (C=O) groups is 3. The number of likely N-dealkylation sites (tertiary alicyclic amines) is 2. The zero-order chi connectivity index (χ0) is 20.5. The Labute approximate surface area is 170 Å². The molecule has 1 atom stereocenters. The molecule has 3 amide bonds. The lowest BCUT2D eigenvalue weighted by Crippen LogP contribution is -2.48. The summed E-state index contributed by atoms with van der Waals surface area (Å²) in [6, 6.07) is 5.38. The van der Waals surface area contributed by atoms with Crippen molar-refractivity contribution in [2.75, 3.05) is 26.4 Å². The minimum absolute atomic E-state index is 0.0338. The van der Waals surface area contributed by atoms with Crippen LogP contribution in [0.25, 0.3) is 0 Å². The number of hydrogen-bond acceptors (Lipinski definition) is 5. The summed E-state index contributed by atoms with van der Waals surface area (Å²) in [5, 5.41) is 3.08. The highest BCUT2D eigenvalue weighted by Gasteiger charge is 2.36. The molecule has 1 unspecified atom stereocenters. The molecule has 29 heavy (non-hydrogen) atoms. The van der Waals surface area contributed by atoms with Crippen LogP contribution < -0.4 is 14.8 Å². The topological polar surface area (TPSA) is 88.2 Å². The van der Waals surface area contributed by atoms with Crippen molar-refractivity contribution in [2.45, 2.75) is 45.2 Å². The molecule has 1 aromatic rings. The number of carbonyl (C=O) groups excluding carboxylic acids is 3. The van der Waals surface area contributed by atoms with E-state index in [1.807, 2.05) is 13.8 Å². The largest absolute Gasteiger partial charge is 0.454 e. The summed E-state index contributed by atoms with van der Waals surface area (Å²) in [6.45, 7) is 5.76. The minimum atomic E-state index is -0.279. The molecule has 1 aromatic carbocycles. The quantitative estimate of drug-likeness (QED) is 0.824. The van der Waals surface area contributed by atoms with E-state index in [4.69, 9.17) is 9.47 Å². The fraction of sp³-hybridized carbons (Fsp3) is 0.571. The maximum absolute atomic E-state index is 12.8. The number of rotatable bonds is 4. The van der Waals surface area contributed by atoms with Gasteiger partial charge >= 0.3 is 0 Å². The first-order chi connectivity index (χ1) is 13.9. The average molecular weight is 401 g/mol. The highest BCUT2D eigenvalue weighted by molar-refractivity contribution is 5.95. The van der Waals surface area contributed by atoms with Crippen molar-refractivity contribution in [3.63, 3.8) is 0 Å². The van der Waals surface area contributed by atoms with Crippen LogP contribution in [0, 0.1) is 5.92 Å². The second-order valence-electron chi connectivity index (χ2n) is 8.18. The molecule has 4 rings (SSSR count). The third kappa shape index (κ3) is 4.02. The van der Waals surface area contributed by atoms with Gasteiger partial charge in [0.1, 0.15) is 0 Å². The predicted molar refractivity (Wildman–Crippen MR) is 105 cm³/mol. The van der Waals surface area contributed by atoms with Crippen LogP contribution >= 0.6 is 0 Å². The van der Waals surface area contributed by atoms with Gasteiger partial charge in [-0.25, -0.2) is 0 Å². The van der Waals surface area contributed by atoms with Gasteiger partial charge in [-0.15, -0.1) is 0 Å². The van der Waals surface area contributed by atoms with Crippen molar-refractivity contribution in [2.24, 2.45) is 5.92 Å². The van der Waals surface area contributed by atoms with Gasteiger partial charge in [0.15, 0.2) is 11.5 Å². The molecule has 156 valence electrons. The molecule has 2 fully saturated rings. The first-order valence-corrected chi connectivity index (χ1v) is 10.2. The molecule has 2 saturated heterocycles. The van der Waals surface area contributed by atoms with E-state index < -0.39 is 0 Å². The highest BCUT2D eigenvalue weighted by atomic mass is 16.7. The predicted octanol–water partition coefficient (Wildman–Crippen LogP) is 1.39. The van der Waals surface area contributed by atoms with Crippen LogP contribution in [0.15, 0.2) is 18.2 Å². The molecule has 0 saturated carbocycles. The van der Waals surface area contributed by atoms with Crippen molar-refractivity contribution < 1.29 is 23.9 Å². The number of fused-ring (bicyclic) bond motifs is 1. The molecule has 3 heterocycles. The number of nitrogens with zero attached hydrogens (tertiary/aromatic N) is 2. The summed E-state index contributed by atoms with van der Waals surface area (Å²) in [5.41, 5.74) is 0.579. The number of hydrogen-bond donors (Lipinski definition) is 1. The summed E-state index contributed by atoms with van der Waals surface area (Å²) in [7, 11) is 0. The van der Waals surface area contributed by atoms with Gasteiger partial charge < -0.3 is 24.6 Å². The van der Waals surface area contributed by atoms with Crippen LogP contribution in [-0.2, 0) is 9.59 Å². The van der Waals surface area contributed by atoms with E-state index in [0.29, 0.717) is 49.5 Å². The summed E-state index contributed by atoms with van der Waals surface area (Å²) in [6.07, 6.45) is 1.69. The Bertz CT molecular complexity index is 817. The normalized spacial score (nSPS) is 21.8. The second-order valence-corrected chi connectivity index (χ2v) is 8.18. The molecule has 0 aliphatic carbocycles. The fourth-order valence-electron chi connectivity index (χ4n) is 4.16. The lowest BCUT2D eigenvalue weighted by atomic mass is 10.0. The summed E-state index contributed by atoms with van der Waals surface area (Å²) < 4.78 is 10.6. The van der Waals surface area contributed by atoms with Crippen LogP contribution in [-0.4, -0.2) is 66.0 Å². The van der Waals surface area contributed by atoms with Gasteiger partial charge in [0.25, 0.3) is 5.91 Å². The summed E-state index contributed by atoms with van der Waals surface area (Å²) in [5.74, 6) is 0.926. The van der Waals surface area contributed by atoms with E-state index in [2.05, 4.69) is 5.32 Å². The first-order valence-electron chi connectivity index (χ1n) is 10.2. The van der Waals surface area contributed by atoms with E-state index in [-0.39, 0.29) is 48.9 Å². The highest BCUT2D eigenvalue weighted by Crippen LogP contribution is 2.33. The van der Waals surface area contributed by atoms with Crippen molar-refractivity contribution in [1.29, 1.82) is 0 Å². The SMILES string of the molecule is CC(C)N1CC(C(=O)NC2CCN(C(=O)c3ccc4c(c3)OCO4)CC2)CC1=O. The van der Waals surface area contributed by atoms with Crippen LogP contribution in [0.1, 0.15) is 43.5 Å². The van der Waals surface area contributed by atoms with Crippen LogP contribution in [0.5, 0.6) is 11.5 Å². The first kappa shape index (κ1) is 19.5. The van der Waals surface area contributed by atoms with E-state index in [1.54, 1.807) is 28.0 Å². The third-order valence-electron chi connectivity index (χ3n) is 5.90. The Morgan fingerprint density at radius 3 is 2.55 bits per heavy atom. The standard InChI is InChI=1S/C21H27N3O5/c1-13(2)24-11-15(10-19(24)25)20(26)22-16-5-7-23(8-6-16)21(27)14-3-4-17-18(9-14)29-12-28-17/h3-4,9,13,15-16H,5-8,10-12H2,1-2H3,(H,22,26). The van der Waals surface area contributed by atoms with Crippen molar-refractivity contribution in [1.82, 2.24) is 15.1 Å². The monoisotopic (exact) mass is 401 g/mol. The summed E-state index contributed by atoms with van der Waals surface area (Å²) in [4.78, 5) is 40.9. The van der Waals surface area contributed by atoms with Gasteiger partial charge in [0.05, 0.1) is 5.92 Å². The summed E-state index contributed by atoms with van der Waals surface area (Å²) >= 11 is 0. The molecule has 8 heteroatoms. The van der Waals surface area contributed by atoms with Gasteiger partial charge in [0.2, 0.25) is 18.6 Å². The lowest BCUT2D eigenvalue weighted by molar-refractivity contribution is -0.130. The van der Waals surface area contributed by atoms with Gasteiger partial charge in [0, 0.05) is 43.7 Å². The molecule has 0 radical (unpaired) electrons. The molecule has 0 spiro atoms. The lowest BCUT2D eigenvalue weighted by Gasteiger charge is -2.33. The zero-order valence-electron chi connectivity index (χ0n) is 16.8. The van der Waals surface area contributed by atoms with E-state index >= 15 is 0 Å². The number of piperidine rings is 1. The van der Waals surface area contributed by atoms with Crippen molar-refractivity contribution >= 4 is 17.7 Å². The molecule has 8 nitrogen and oxygen atoms in total. The Kier molecular flexibility index (Phi) is 5.34. The molecular weight excluding hydrogens is 374 g/mol. The Balaban J connectivity index is 1.28. The van der Waals surface area contributed by atoms with Crippen LogP contribution in [0.4, 0.5) is 0 Å². The Hall–Kier alpha value is -2.77. The number of amides is 3. The molecule has 0 aromatic heterocycles. The van der Waals surface area contributed by atoms with Gasteiger partial charge in [-0.3, -0.25) is 14.4 Å². The fourth-order valence-corrected chi connectivity index (χ4v) is 4.16. The Morgan fingerprint density at radius 1 is 1.14 bits per heavy atom. The number of nitrogens with one attached hydrogen (secondary N) is 1. The van der Waals surface area contributed by atoms with Crippen LogP contribution in [0.3, 0.4) is 0 Å². The molecule has 3 aliphatic heterocycles. The van der Waals surface area contributed by atoms with Gasteiger partial charge in [-0.1, -0.05) is 0 Å². The van der Waals surface area contributed by atoms with Crippen LogP contribution in [0.2, 0.25) is 0 Å². The van der Waals surface area contributed by atoms with E-state index in [0.717, 1.165) is 0 Å². The third-order valence-corrected chi connectivity index (χ3v) is 5.90. The smallest absolute Gasteiger partial charge is 0.253 e. The molecular formula is C21H27N3O5. The maximum atomic E-state index is 12.8. The molecule has 3 aliphatic rings. The Morgan fingerprint density at radius 2 is 1.86 bits per heavy atom. The van der Waals surface area contributed by atoms with E-state index in [9.17, 15) is 14.4 Å². The molecule has 0 bridgehead atoms. The molecule has 1 N–H and O–H groups in total. The maximum Gasteiger partial charge on any atom is 0.253 e. The zero-order valence-corrected chi connectivity index (χ0v) is 16.8. The van der Waals surface area contributed by atoms with E-state index in [1.165, 1.54) is 0 Å². The van der Waals surface area contributed by atoms with Crippen molar-refractivity contribution in [3.05, 3.63) is 23.8 Å². The average Bonchev–Trinajstić information content (AvgIpc) is 3.33. The minimum Gasteiger partial charge on any atom is -0.454 e. The van der Waals surface area contributed by atoms with Gasteiger partial charge in [-0.2, -0.15) is 0 Å². The van der Waals surface area contributed by atoms with Crippen molar-refractivity contribution in [3.8, 4) is 11.5 Å². The number of benzene rings is 1.